The van der Waals surface area contributed by atoms with Crippen LogP contribution in [0.15, 0.2) is 12.1 Å². The number of nitrogens with zero attached hydrogens (tertiary/aromatic N) is 3. The third-order valence-electron chi connectivity index (χ3n) is 3.39. The number of aromatic nitrogens is 2. The van der Waals surface area contributed by atoms with Crippen molar-refractivity contribution in [3.63, 3.8) is 0 Å². The highest BCUT2D eigenvalue weighted by atomic mass is 15.1. The predicted octanol–water partition coefficient (Wildman–Crippen LogP) is 1.33. The third-order valence-corrected chi connectivity index (χ3v) is 3.39. The molecule has 0 amide bonds. The fraction of sp³-hybridized carbons (Fsp3) is 0.667. The maximum Gasteiger partial charge on any atom is 0.146 e. The summed E-state index contributed by atoms with van der Waals surface area (Å²) >= 11 is 0. The normalized spacial score (nSPS) is 18.8. The Morgan fingerprint density at radius 1 is 1.31 bits per heavy atom. The molecule has 0 unspecified atom stereocenters. The monoisotopic (exact) mass is 220 g/mol. The third kappa shape index (κ3) is 2.92. The van der Waals surface area contributed by atoms with Crippen molar-refractivity contribution in [2.24, 2.45) is 5.92 Å². The molecule has 1 fully saturated rings. The molecule has 2 rings (SSSR count). The lowest BCUT2D eigenvalue weighted by atomic mass is 9.92. The summed E-state index contributed by atoms with van der Waals surface area (Å²) in [5.74, 6) is 1.27. The molecule has 0 aromatic carbocycles. The summed E-state index contributed by atoms with van der Waals surface area (Å²) in [7, 11) is 0. The Labute approximate surface area is 96.9 Å². The number of rotatable bonds is 3. The van der Waals surface area contributed by atoms with Crippen molar-refractivity contribution < 1.29 is 0 Å². The minimum absolute atomic E-state index is 0.504. The van der Waals surface area contributed by atoms with Crippen LogP contribution in [0, 0.1) is 5.92 Å². The van der Waals surface area contributed by atoms with Crippen molar-refractivity contribution >= 4 is 5.82 Å². The molecule has 0 atom stereocenters. The molecule has 1 saturated heterocycles. The van der Waals surface area contributed by atoms with Gasteiger partial charge in [-0.15, -0.1) is 5.10 Å². The molecule has 1 aliphatic rings. The molecular formula is C12H20N4. The molecule has 1 aromatic rings. The molecule has 88 valence electrons. The van der Waals surface area contributed by atoms with E-state index in [0.29, 0.717) is 5.82 Å². The van der Waals surface area contributed by atoms with Crippen LogP contribution < -0.4 is 5.73 Å². The maximum atomic E-state index is 5.52. The van der Waals surface area contributed by atoms with Gasteiger partial charge in [0.1, 0.15) is 5.82 Å². The van der Waals surface area contributed by atoms with E-state index in [9.17, 15) is 0 Å². The maximum absolute atomic E-state index is 5.52. The first-order chi connectivity index (χ1) is 7.78. The van der Waals surface area contributed by atoms with Gasteiger partial charge >= 0.3 is 0 Å². The van der Waals surface area contributed by atoms with Gasteiger partial charge in [-0.1, -0.05) is 6.92 Å². The van der Waals surface area contributed by atoms with Crippen LogP contribution in [0.1, 0.15) is 25.5 Å². The van der Waals surface area contributed by atoms with Gasteiger partial charge in [0.25, 0.3) is 0 Å². The van der Waals surface area contributed by atoms with Crippen LogP contribution in [0.25, 0.3) is 0 Å². The summed E-state index contributed by atoms with van der Waals surface area (Å²) in [6.45, 7) is 5.85. The first kappa shape index (κ1) is 11.3. The van der Waals surface area contributed by atoms with Crippen molar-refractivity contribution in [3.8, 4) is 0 Å². The Kier molecular flexibility index (Phi) is 3.72. The van der Waals surface area contributed by atoms with Crippen LogP contribution >= 0.6 is 0 Å². The van der Waals surface area contributed by atoms with E-state index < -0.39 is 0 Å². The second-order valence-corrected chi connectivity index (χ2v) is 4.53. The van der Waals surface area contributed by atoms with E-state index in [2.05, 4.69) is 22.0 Å². The second-order valence-electron chi connectivity index (χ2n) is 4.53. The van der Waals surface area contributed by atoms with Crippen LogP contribution in [0.4, 0.5) is 5.82 Å². The van der Waals surface area contributed by atoms with E-state index in [4.69, 9.17) is 5.73 Å². The summed E-state index contributed by atoms with van der Waals surface area (Å²) in [5.41, 5.74) is 6.59. The van der Waals surface area contributed by atoms with Crippen molar-refractivity contribution in [3.05, 3.63) is 17.8 Å². The zero-order valence-corrected chi connectivity index (χ0v) is 9.89. The number of piperidine rings is 1. The van der Waals surface area contributed by atoms with Crippen LogP contribution in [0.2, 0.25) is 0 Å². The summed E-state index contributed by atoms with van der Waals surface area (Å²) in [6, 6.07) is 3.83. The first-order valence-electron chi connectivity index (χ1n) is 6.08. The van der Waals surface area contributed by atoms with E-state index in [1.165, 1.54) is 32.5 Å². The number of hydrogen-bond acceptors (Lipinski definition) is 4. The average Bonchev–Trinajstić information content (AvgIpc) is 2.33. The molecule has 2 N–H and O–H groups in total. The SMILES string of the molecule is CCN1CCC(Cc2ccc(N)nn2)CC1. The highest BCUT2D eigenvalue weighted by Gasteiger charge is 2.18. The molecule has 4 heteroatoms. The number of likely N-dealkylation sites (tertiary alicyclic amines) is 1. The van der Waals surface area contributed by atoms with Gasteiger partial charge in [-0.25, -0.2) is 0 Å². The van der Waals surface area contributed by atoms with Crippen LogP contribution in [-0.2, 0) is 6.42 Å². The highest BCUT2D eigenvalue weighted by molar-refractivity contribution is 5.25. The number of hydrogen-bond donors (Lipinski definition) is 1. The predicted molar refractivity (Wildman–Crippen MR) is 65.0 cm³/mol. The highest BCUT2D eigenvalue weighted by Crippen LogP contribution is 2.20. The Bertz CT molecular complexity index is 314. The lowest BCUT2D eigenvalue weighted by molar-refractivity contribution is 0.191. The molecule has 0 saturated carbocycles. The van der Waals surface area contributed by atoms with Gasteiger partial charge in [0, 0.05) is 0 Å². The van der Waals surface area contributed by atoms with Crippen molar-refractivity contribution in [1.82, 2.24) is 15.1 Å². The number of anilines is 1. The molecule has 1 aromatic heterocycles. The van der Waals surface area contributed by atoms with Gasteiger partial charge in [-0.05, 0) is 56.9 Å². The zero-order valence-electron chi connectivity index (χ0n) is 9.89. The molecule has 0 aliphatic carbocycles. The van der Waals surface area contributed by atoms with E-state index in [1.807, 2.05) is 12.1 Å². The lowest BCUT2D eigenvalue weighted by Crippen LogP contribution is -2.34. The van der Waals surface area contributed by atoms with Crippen LogP contribution in [0.5, 0.6) is 0 Å². The fourth-order valence-electron chi connectivity index (χ4n) is 2.28. The smallest absolute Gasteiger partial charge is 0.146 e. The quantitative estimate of drug-likeness (QED) is 0.835. The lowest BCUT2D eigenvalue weighted by Gasteiger charge is -2.30. The fourth-order valence-corrected chi connectivity index (χ4v) is 2.28. The Hall–Kier alpha value is -1.16. The average molecular weight is 220 g/mol. The van der Waals surface area contributed by atoms with E-state index in [-0.39, 0.29) is 0 Å². The van der Waals surface area contributed by atoms with Gasteiger partial charge in [-0.3, -0.25) is 0 Å². The van der Waals surface area contributed by atoms with Gasteiger partial charge in [0.15, 0.2) is 0 Å². The van der Waals surface area contributed by atoms with E-state index in [0.717, 1.165) is 18.0 Å². The standard InChI is InChI=1S/C12H20N4/c1-2-16-7-5-10(6-8-16)9-11-3-4-12(13)15-14-11/h3-4,10H,2,5-9H2,1H3,(H2,13,15). The molecule has 1 aliphatic heterocycles. The molecule has 0 radical (unpaired) electrons. The van der Waals surface area contributed by atoms with Gasteiger partial charge < -0.3 is 10.6 Å². The van der Waals surface area contributed by atoms with Crippen LogP contribution in [0.3, 0.4) is 0 Å². The molecular weight excluding hydrogens is 200 g/mol. The number of nitrogen functional groups attached to an aromatic ring is 1. The largest absolute Gasteiger partial charge is 0.382 e. The number of nitrogens with two attached hydrogens (primary N) is 1. The molecule has 16 heavy (non-hydrogen) atoms. The summed E-state index contributed by atoms with van der Waals surface area (Å²) < 4.78 is 0. The van der Waals surface area contributed by atoms with Crippen LogP contribution in [-0.4, -0.2) is 34.7 Å². The van der Waals surface area contributed by atoms with Gasteiger partial charge in [0.2, 0.25) is 0 Å². The molecule has 0 spiro atoms. The summed E-state index contributed by atoms with van der Waals surface area (Å²) in [6.07, 6.45) is 3.60. The molecule has 0 bridgehead atoms. The zero-order chi connectivity index (χ0) is 11.4. The van der Waals surface area contributed by atoms with Gasteiger partial charge in [-0.2, -0.15) is 5.10 Å². The van der Waals surface area contributed by atoms with Gasteiger partial charge in [0.05, 0.1) is 5.69 Å². The van der Waals surface area contributed by atoms with E-state index >= 15 is 0 Å². The van der Waals surface area contributed by atoms with Crippen molar-refractivity contribution in [2.45, 2.75) is 26.2 Å². The topological polar surface area (TPSA) is 55.0 Å². The van der Waals surface area contributed by atoms with E-state index in [1.54, 1.807) is 0 Å². The first-order valence-corrected chi connectivity index (χ1v) is 6.08. The van der Waals surface area contributed by atoms with Crippen molar-refractivity contribution in [2.75, 3.05) is 25.4 Å². The molecule has 4 nitrogen and oxygen atoms in total. The molecule has 2 heterocycles. The van der Waals surface area contributed by atoms with Crippen molar-refractivity contribution in [1.29, 1.82) is 0 Å². The summed E-state index contributed by atoms with van der Waals surface area (Å²) in [5, 5.41) is 8.02. The Morgan fingerprint density at radius 3 is 2.62 bits per heavy atom. The summed E-state index contributed by atoms with van der Waals surface area (Å²) in [4.78, 5) is 2.51. The Balaban J connectivity index is 1.84. The Morgan fingerprint density at radius 2 is 2.06 bits per heavy atom. The minimum atomic E-state index is 0.504. The minimum Gasteiger partial charge on any atom is -0.382 e. The second kappa shape index (κ2) is 5.25.